The molecule has 0 fully saturated rings. The van der Waals surface area contributed by atoms with Crippen molar-refractivity contribution in [1.82, 2.24) is 0 Å². The van der Waals surface area contributed by atoms with E-state index < -0.39 is 16.2 Å². The van der Waals surface area contributed by atoms with Gasteiger partial charge in [0.15, 0.2) is 0 Å². The number of rotatable bonds is 6. The molecule has 0 spiro atoms. The van der Waals surface area contributed by atoms with E-state index in [1.165, 1.54) is 42.5 Å². The van der Waals surface area contributed by atoms with E-state index in [2.05, 4.69) is 20.5 Å². The lowest BCUT2D eigenvalue weighted by molar-refractivity contribution is 0.475. The van der Waals surface area contributed by atoms with Crippen LogP contribution in [-0.4, -0.2) is 13.5 Å². The van der Waals surface area contributed by atoms with Gasteiger partial charge in [0.2, 0.25) is 16.2 Å². The zero-order valence-corrected chi connectivity index (χ0v) is 16.5. The molecule has 0 saturated carbocycles. The normalized spacial score (nSPS) is 13.2. The Labute approximate surface area is 172 Å². The van der Waals surface area contributed by atoms with Crippen LogP contribution < -0.4 is 5.14 Å². The van der Waals surface area contributed by atoms with E-state index in [-0.39, 0.29) is 16.3 Å². The fourth-order valence-corrected chi connectivity index (χ4v) is 2.98. The van der Waals surface area contributed by atoms with Gasteiger partial charge in [-0.3, -0.25) is 0 Å². The lowest BCUT2D eigenvalue weighted by atomic mass is 10.2. The van der Waals surface area contributed by atoms with Crippen LogP contribution in [0.25, 0.3) is 0 Å². The van der Waals surface area contributed by atoms with Crippen molar-refractivity contribution >= 4 is 33.0 Å². The largest absolute Gasteiger partial charge is 0.506 e. The van der Waals surface area contributed by atoms with Crippen molar-refractivity contribution in [3.63, 3.8) is 0 Å². The van der Waals surface area contributed by atoms with Crippen LogP contribution in [0.1, 0.15) is 11.7 Å². The third kappa shape index (κ3) is 5.67. The number of phenolic OH excluding ortho intramolecular Hbond substituents is 1. The zero-order valence-electron chi connectivity index (χ0n) is 14.9. The van der Waals surface area contributed by atoms with Crippen molar-refractivity contribution in [3.05, 3.63) is 83.4 Å². The van der Waals surface area contributed by atoms with Crippen LogP contribution in [0.4, 0.5) is 11.4 Å². The van der Waals surface area contributed by atoms with Crippen LogP contribution in [-0.2, 0) is 10.0 Å². The Kier molecular flexibility index (Phi) is 6.32. The fraction of sp³-hybridized carbons (Fsp3) is 0.0526. The maximum absolute atomic E-state index is 11.3. The summed E-state index contributed by atoms with van der Waals surface area (Å²) in [5.74, 6) is -0.0690. The fourth-order valence-electron chi connectivity index (χ4n) is 2.30. The smallest absolute Gasteiger partial charge is 0.238 e. The number of nitrogens with zero attached hydrogens (tertiary/aromatic N) is 4. The highest BCUT2D eigenvalue weighted by atomic mass is 35.5. The summed E-state index contributed by atoms with van der Waals surface area (Å²) in [6.07, 6.45) is -0.785. The number of azo groups is 2. The summed E-state index contributed by atoms with van der Waals surface area (Å²) in [5, 5.41) is 31.9. The number of phenols is 1. The van der Waals surface area contributed by atoms with Gasteiger partial charge in [-0.05, 0) is 42.5 Å². The molecule has 3 N–H and O–H groups in total. The zero-order chi connectivity index (χ0) is 20.9. The van der Waals surface area contributed by atoms with E-state index in [1.807, 2.05) is 30.3 Å². The van der Waals surface area contributed by atoms with E-state index >= 15 is 0 Å². The second kappa shape index (κ2) is 8.91. The molecule has 0 bridgehead atoms. The number of halogens is 1. The van der Waals surface area contributed by atoms with Crippen molar-refractivity contribution in [2.24, 2.45) is 25.6 Å². The standard InChI is InChI=1S/C19H16ClN5O3S/c20-14-6-11-18(26)17(12-14)23-25-19(13-4-2-1-3-5-13)24-22-15-7-9-16(10-8-15)29(21,27)28/h1-12,19,26H,(H2,21,27,28). The number of sulfonamides is 1. The molecular formula is C19H16ClN5O3S. The second-order valence-corrected chi connectivity index (χ2v) is 7.89. The molecular weight excluding hydrogens is 414 g/mol. The van der Waals surface area contributed by atoms with E-state index in [0.717, 1.165) is 5.56 Å². The van der Waals surface area contributed by atoms with Gasteiger partial charge in [-0.2, -0.15) is 15.3 Å². The van der Waals surface area contributed by atoms with Crippen LogP contribution in [0, 0.1) is 0 Å². The Morgan fingerprint density at radius 3 is 2.21 bits per heavy atom. The number of primary sulfonamides is 1. The van der Waals surface area contributed by atoms with Crippen molar-refractivity contribution in [3.8, 4) is 5.75 Å². The minimum atomic E-state index is -3.78. The number of nitrogens with two attached hydrogens (primary N) is 1. The Morgan fingerprint density at radius 2 is 1.55 bits per heavy atom. The molecule has 1 atom stereocenters. The minimum Gasteiger partial charge on any atom is -0.506 e. The quantitative estimate of drug-likeness (QED) is 0.518. The SMILES string of the molecule is NS(=O)(=O)c1ccc(N=NC(N=Nc2cc(Cl)ccc2O)c2ccccc2)cc1. The minimum absolute atomic E-state index is 0.0211. The van der Waals surface area contributed by atoms with Gasteiger partial charge >= 0.3 is 0 Å². The van der Waals surface area contributed by atoms with Crippen LogP contribution in [0.15, 0.2) is 98.1 Å². The lowest BCUT2D eigenvalue weighted by Crippen LogP contribution is -2.11. The molecule has 0 amide bonds. The summed E-state index contributed by atoms with van der Waals surface area (Å²) in [6, 6.07) is 19.2. The summed E-state index contributed by atoms with van der Waals surface area (Å²) in [4.78, 5) is -0.0211. The molecule has 29 heavy (non-hydrogen) atoms. The molecule has 3 rings (SSSR count). The maximum atomic E-state index is 11.3. The summed E-state index contributed by atoms with van der Waals surface area (Å²) >= 11 is 5.93. The third-order valence-corrected chi connectivity index (χ3v) is 4.92. The molecule has 0 aromatic heterocycles. The molecule has 1 unspecified atom stereocenters. The van der Waals surface area contributed by atoms with Crippen molar-refractivity contribution in [1.29, 1.82) is 0 Å². The van der Waals surface area contributed by atoms with Gasteiger partial charge in [-0.15, -0.1) is 5.11 Å². The number of hydrogen-bond donors (Lipinski definition) is 2. The highest BCUT2D eigenvalue weighted by Gasteiger charge is 2.10. The first-order valence-corrected chi connectivity index (χ1v) is 10.2. The second-order valence-electron chi connectivity index (χ2n) is 5.89. The van der Waals surface area contributed by atoms with Crippen molar-refractivity contribution < 1.29 is 13.5 Å². The van der Waals surface area contributed by atoms with Crippen molar-refractivity contribution in [2.75, 3.05) is 0 Å². The molecule has 3 aromatic carbocycles. The highest BCUT2D eigenvalue weighted by Crippen LogP contribution is 2.32. The summed E-state index contributed by atoms with van der Waals surface area (Å²) in [5.41, 5.74) is 1.34. The first-order valence-electron chi connectivity index (χ1n) is 8.31. The Bertz CT molecular complexity index is 1150. The first kappa shape index (κ1) is 20.6. The molecule has 148 valence electrons. The number of benzene rings is 3. The van der Waals surface area contributed by atoms with Crippen molar-refractivity contribution in [2.45, 2.75) is 11.1 Å². The van der Waals surface area contributed by atoms with E-state index in [1.54, 1.807) is 0 Å². The van der Waals surface area contributed by atoms with Gasteiger partial charge in [0.05, 0.1) is 10.6 Å². The summed E-state index contributed by atoms with van der Waals surface area (Å²) in [7, 11) is -3.78. The highest BCUT2D eigenvalue weighted by molar-refractivity contribution is 7.89. The molecule has 0 aliphatic carbocycles. The molecule has 3 aromatic rings. The van der Waals surface area contributed by atoms with E-state index in [4.69, 9.17) is 16.7 Å². The Balaban J connectivity index is 1.89. The average molecular weight is 430 g/mol. The maximum Gasteiger partial charge on any atom is 0.238 e. The van der Waals surface area contributed by atoms with E-state index in [9.17, 15) is 13.5 Å². The number of aromatic hydroxyl groups is 1. The van der Waals surface area contributed by atoms with Gasteiger partial charge in [0.1, 0.15) is 11.4 Å². The van der Waals surface area contributed by atoms with Gasteiger partial charge in [0, 0.05) is 10.6 Å². The molecule has 0 radical (unpaired) electrons. The van der Waals surface area contributed by atoms with Gasteiger partial charge in [-0.25, -0.2) is 13.6 Å². The van der Waals surface area contributed by atoms with Gasteiger partial charge in [0.25, 0.3) is 0 Å². The molecule has 0 saturated heterocycles. The van der Waals surface area contributed by atoms with Crippen LogP contribution in [0.2, 0.25) is 5.02 Å². The van der Waals surface area contributed by atoms with Crippen LogP contribution in [0.5, 0.6) is 5.75 Å². The molecule has 10 heteroatoms. The molecule has 0 aliphatic rings. The van der Waals surface area contributed by atoms with Crippen LogP contribution in [0.3, 0.4) is 0 Å². The number of hydrogen-bond acceptors (Lipinski definition) is 7. The molecule has 0 aliphatic heterocycles. The summed E-state index contributed by atoms with van der Waals surface area (Å²) in [6.45, 7) is 0. The van der Waals surface area contributed by atoms with Crippen LogP contribution >= 0.6 is 11.6 Å². The molecule has 8 nitrogen and oxygen atoms in total. The first-order chi connectivity index (χ1) is 13.8. The Hall–Kier alpha value is -3.14. The lowest BCUT2D eigenvalue weighted by Gasteiger charge is -2.06. The van der Waals surface area contributed by atoms with Gasteiger partial charge < -0.3 is 5.11 Å². The van der Waals surface area contributed by atoms with Gasteiger partial charge in [-0.1, -0.05) is 41.9 Å². The predicted molar refractivity (Wildman–Crippen MR) is 109 cm³/mol. The third-order valence-electron chi connectivity index (χ3n) is 3.76. The van der Waals surface area contributed by atoms with E-state index in [0.29, 0.717) is 10.7 Å². The summed E-state index contributed by atoms with van der Waals surface area (Å²) < 4.78 is 22.7. The topological polar surface area (TPSA) is 130 Å². The monoisotopic (exact) mass is 429 g/mol. The predicted octanol–water partition coefficient (Wildman–Crippen LogP) is 5.26. The average Bonchev–Trinajstić information content (AvgIpc) is 2.71. The Morgan fingerprint density at radius 1 is 0.897 bits per heavy atom. The molecule has 0 heterocycles.